The number of hydrogen-bond acceptors (Lipinski definition) is 5. The summed E-state index contributed by atoms with van der Waals surface area (Å²) in [6.07, 6.45) is 0. The Kier molecular flexibility index (Phi) is 4.91. The third-order valence-corrected chi connectivity index (χ3v) is 2.77. The van der Waals surface area contributed by atoms with Crippen LogP contribution >= 0.6 is 0 Å². The highest BCUT2D eigenvalue weighted by Gasteiger charge is 2.13. The molecule has 0 saturated heterocycles. The number of aryl methyl sites for hydroxylation is 1. The number of nitrogens with two attached hydrogens (primary N) is 1. The highest BCUT2D eigenvalue weighted by Crippen LogP contribution is 2.16. The number of methoxy groups -OCH3 is 1. The molecule has 0 amide bonds. The number of amidine groups is 1. The van der Waals surface area contributed by atoms with Gasteiger partial charge in [-0.1, -0.05) is 5.16 Å². The fourth-order valence-electron chi connectivity index (χ4n) is 1.62. The van der Waals surface area contributed by atoms with Gasteiger partial charge in [0.15, 0.2) is 5.84 Å². The molecule has 1 heterocycles. The second-order valence-electron chi connectivity index (χ2n) is 4.26. The Labute approximate surface area is 107 Å². The molecule has 18 heavy (non-hydrogen) atoms. The Balaban J connectivity index is 3.06. The van der Waals surface area contributed by atoms with Gasteiger partial charge in [0.1, 0.15) is 5.82 Å². The normalized spacial score (nSPS) is 13.4. The molecule has 6 nitrogen and oxygen atoms in total. The summed E-state index contributed by atoms with van der Waals surface area (Å²) in [6, 6.07) is 3.74. The van der Waals surface area contributed by atoms with Crippen molar-refractivity contribution in [1.29, 1.82) is 0 Å². The topological polar surface area (TPSA) is 84.0 Å². The van der Waals surface area contributed by atoms with E-state index >= 15 is 0 Å². The van der Waals surface area contributed by atoms with Gasteiger partial charge in [-0.15, -0.1) is 0 Å². The molecular weight excluding hydrogens is 232 g/mol. The van der Waals surface area contributed by atoms with E-state index in [1.807, 2.05) is 25.8 Å². The van der Waals surface area contributed by atoms with Crippen LogP contribution < -0.4 is 10.6 Å². The van der Waals surface area contributed by atoms with Crippen LogP contribution in [0.5, 0.6) is 0 Å². The average molecular weight is 252 g/mol. The zero-order valence-corrected chi connectivity index (χ0v) is 11.2. The van der Waals surface area contributed by atoms with Crippen molar-refractivity contribution in [2.24, 2.45) is 10.9 Å². The van der Waals surface area contributed by atoms with Crippen molar-refractivity contribution in [1.82, 2.24) is 4.98 Å². The van der Waals surface area contributed by atoms with E-state index in [4.69, 9.17) is 15.7 Å². The van der Waals surface area contributed by atoms with E-state index in [0.717, 1.165) is 11.5 Å². The van der Waals surface area contributed by atoms with Crippen LogP contribution in [-0.4, -0.2) is 42.8 Å². The Morgan fingerprint density at radius 1 is 1.61 bits per heavy atom. The van der Waals surface area contributed by atoms with Crippen LogP contribution in [-0.2, 0) is 4.74 Å². The smallest absolute Gasteiger partial charge is 0.170 e. The molecule has 3 N–H and O–H groups in total. The van der Waals surface area contributed by atoms with Gasteiger partial charge in [-0.25, -0.2) is 4.98 Å². The molecule has 1 unspecified atom stereocenters. The van der Waals surface area contributed by atoms with E-state index in [0.29, 0.717) is 12.2 Å². The summed E-state index contributed by atoms with van der Waals surface area (Å²) in [4.78, 5) is 6.42. The molecule has 6 heteroatoms. The molecule has 1 rings (SSSR count). The second-order valence-corrected chi connectivity index (χ2v) is 4.26. The molecule has 0 aromatic carbocycles. The molecule has 0 radical (unpaired) electrons. The van der Waals surface area contributed by atoms with Crippen LogP contribution in [0.25, 0.3) is 0 Å². The predicted octanol–water partition coefficient (Wildman–Crippen LogP) is 0.956. The molecule has 1 aromatic heterocycles. The maximum atomic E-state index is 8.71. The third-order valence-electron chi connectivity index (χ3n) is 2.77. The van der Waals surface area contributed by atoms with Gasteiger partial charge in [0.25, 0.3) is 0 Å². The second kappa shape index (κ2) is 6.20. The molecule has 0 aliphatic carbocycles. The number of anilines is 1. The van der Waals surface area contributed by atoms with Crippen LogP contribution in [0.2, 0.25) is 0 Å². The summed E-state index contributed by atoms with van der Waals surface area (Å²) in [7, 11) is 3.59. The lowest BCUT2D eigenvalue weighted by Crippen LogP contribution is -2.33. The monoisotopic (exact) mass is 252 g/mol. The minimum absolute atomic E-state index is 0.0783. The molecule has 1 atom stereocenters. The number of rotatable bonds is 5. The van der Waals surface area contributed by atoms with Crippen molar-refractivity contribution in [3.63, 3.8) is 0 Å². The molecule has 0 aliphatic heterocycles. The van der Waals surface area contributed by atoms with Crippen LogP contribution in [0.3, 0.4) is 0 Å². The summed E-state index contributed by atoms with van der Waals surface area (Å²) >= 11 is 0. The van der Waals surface area contributed by atoms with E-state index in [1.165, 1.54) is 0 Å². The highest BCUT2D eigenvalue weighted by molar-refractivity contribution is 5.97. The van der Waals surface area contributed by atoms with E-state index in [9.17, 15) is 0 Å². The first-order valence-electron chi connectivity index (χ1n) is 5.68. The fraction of sp³-hybridized carbons (Fsp3) is 0.500. The Hall–Kier alpha value is -1.82. The van der Waals surface area contributed by atoms with Gasteiger partial charge >= 0.3 is 0 Å². The van der Waals surface area contributed by atoms with Crippen molar-refractivity contribution in [2.75, 3.05) is 25.7 Å². The van der Waals surface area contributed by atoms with E-state index in [1.54, 1.807) is 19.2 Å². The minimum Gasteiger partial charge on any atom is -0.409 e. The Bertz CT molecular complexity index is 434. The van der Waals surface area contributed by atoms with Crippen molar-refractivity contribution in [3.8, 4) is 0 Å². The summed E-state index contributed by atoms with van der Waals surface area (Å²) in [5.74, 6) is 0.843. The number of oxime groups is 1. The van der Waals surface area contributed by atoms with Crippen LogP contribution in [0, 0.1) is 6.92 Å². The van der Waals surface area contributed by atoms with E-state index in [2.05, 4.69) is 10.1 Å². The number of ether oxygens (including phenoxy) is 1. The molecule has 0 bridgehead atoms. The summed E-state index contributed by atoms with van der Waals surface area (Å²) in [5, 5.41) is 11.7. The Morgan fingerprint density at radius 2 is 2.28 bits per heavy atom. The van der Waals surface area contributed by atoms with E-state index < -0.39 is 0 Å². The summed E-state index contributed by atoms with van der Waals surface area (Å²) in [6.45, 7) is 4.51. The summed E-state index contributed by atoms with van der Waals surface area (Å²) in [5.41, 5.74) is 7.06. The minimum atomic E-state index is 0.0783. The zero-order valence-electron chi connectivity index (χ0n) is 11.2. The van der Waals surface area contributed by atoms with Crippen LogP contribution in [0.1, 0.15) is 18.2 Å². The predicted molar refractivity (Wildman–Crippen MR) is 71.2 cm³/mol. The quantitative estimate of drug-likeness (QED) is 0.353. The van der Waals surface area contributed by atoms with E-state index in [-0.39, 0.29) is 11.9 Å². The fourth-order valence-corrected chi connectivity index (χ4v) is 1.62. The van der Waals surface area contributed by atoms with Gasteiger partial charge in [0, 0.05) is 25.4 Å². The molecule has 100 valence electrons. The zero-order chi connectivity index (χ0) is 13.7. The molecule has 0 spiro atoms. The van der Waals surface area contributed by atoms with Crippen LogP contribution in [0.15, 0.2) is 17.3 Å². The summed E-state index contributed by atoms with van der Waals surface area (Å²) < 4.78 is 5.12. The van der Waals surface area contributed by atoms with Crippen molar-refractivity contribution >= 4 is 11.7 Å². The standard InChI is InChI=1S/C12H20N4O2/c1-8-5-10(12(13)15-17)6-11(14-8)16(3)9(2)7-18-4/h5-6,9,17H,7H2,1-4H3,(H2,13,15). The van der Waals surface area contributed by atoms with Gasteiger partial charge in [-0.05, 0) is 26.0 Å². The largest absolute Gasteiger partial charge is 0.409 e. The maximum absolute atomic E-state index is 8.71. The molecule has 1 aromatic rings. The average Bonchev–Trinajstić information content (AvgIpc) is 2.36. The molecular formula is C12H20N4O2. The maximum Gasteiger partial charge on any atom is 0.170 e. The molecule has 0 saturated carbocycles. The van der Waals surface area contributed by atoms with Gasteiger partial charge in [-0.2, -0.15) is 0 Å². The van der Waals surface area contributed by atoms with Gasteiger partial charge in [0.05, 0.1) is 12.6 Å². The lowest BCUT2D eigenvalue weighted by molar-refractivity contribution is 0.183. The number of hydrogen-bond donors (Lipinski definition) is 2. The van der Waals surface area contributed by atoms with Gasteiger partial charge < -0.3 is 20.6 Å². The molecule has 0 aliphatic rings. The van der Waals surface area contributed by atoms with Crippen molar-refractivity contribution in [3.05, 3.63) is 23.4 Å². The SMILES string of the molecule is COCC(C)N(C)c1cc(/C(N)=N/O)cc(C)n1. The number of nitrogens with zero attached hydrogens (tertiary/aromatic N) is 3. The first-order valence-corrected chi connectivity index (χ1v) is 5.68. The highest BCUT2D eigenvalue weighted by atomic mass is 16.5. The first kappa shape index (κ1) is 14.2. The van der Waals surface area contributed by atoms with Crippen LogP contribution in [0.4, 0.5) is 5.82 Å². The number of pyridine rings is 1. The van der Waals surface area contributed by atoms with Gasteiger partial charge in [-0.3, -0.25) is 0 Å². The lowest BCUT2D eigenvalue weighted by Gasteiger charge is -2.26. The first-order chi connectivity index (χ1) is 8.49. The number of aromatic nitrogens is 1. The lowest BCUT2D eigenvalue weighted by atomic mass is 10.2. The van der Waals surface area contributed by atoms with Crippen molar-refractivity contribution in [2.45, 2.75) is 19.9 Å². The Morgan fingerprint density at radius 3 is 2.83 bits per heavy atom. The van der Waals surface area contributed by atoms with Crippen molar-refractivity contribution < 1.29 is 9.94 Å². The molecule has 0 fully saturated rings. The van der Waals surface area contributed by atoms with Gasteiger partial charge in [0.2, 0.25) is 0 Å². The third kappa shape index (κ3) is 3.33. The number of likely N-dealkylation sites (N-methyl/N-ethyl adjacent to an activating group) is 1.